The molecular formula is C22H34O4. The number of rotatable bonds is 13. The zero-order valence-electron chi connectivity index (χ0n) is 16.6. The van der Waals surface area contributed by atoms with Crippen molar-refractivity contribution in [2.45, 2.75) is 85.0 Å². The summed E-state index contributed by atoms with van der Waals surface area (Å²) in [6.45, 7) is 6.62. The summed E-state index contributed by atoms with van der Waals surface area (Å²) in [6, 6.07) is 5.83. The van der Waals surface area contributed by atoms with Gasteiger partial charge in [-0.25, -0.2) is 0 Å². The fourth-order valence-corrected chi connectivity index (χ4v) is 2.82. The number of carbonyl (C=O) groups excluding carboxylic acids is 2. The van der Waals surface area contributed by atoms with Crippen LogP contribution in [0, 0.1) is 13.8 Å². The van der Waals surface area contributed by atoms with Crippen molar-refractivity contribution in [3.05, 3.63) is 29.3 Å². The van der Waals surface area contributed by atoms with Crippen LogP contribution >= 0.6 is 0 Å². The molecule has 0 atom stereocenters. The summed E-state index contributed by atoms with van der Waals surface area (Å²) in [5.41, 5.74) is 2.20. The Morgan fingerprint density at radius 2 is 1.31 bits per heavy atom. The van der Waals surface area contributed by atoms with Crippen LogP contribution in [0.1, 0.15) is 82.3 Å². The van der Waals surface area contributed by atoms with E-state index >= 15 is 0 Å². The molecule has 0 N–H and O–H groups in total. The second-order valence-corrected chi connectivity index (χ2v) is 6.99. The van der Waals surface area contributed by atoms with Crippen LogP contribution in [0.5, 0.6) is 5.75 Å². The summed E-state index contributed by atoms with van der Waals surface area (Å²) in [4.78, 5) is 23.3. The Bertz CT molecular complexity index is 531. The lowest BCUT2D eigenvalue weighted by molar-refractivity contribution is -0.144. The third-order valence-corrected chi connectivity index (χ3v) is 4.20. The van der Waals surface area contributed by atoms with Gasteiger partial charge in [-0.1, -0.05) is 45.1 Å². The van der Waals surface area contributed by atoms with E-state index in [1.807, 2.05) is 26.0 Å². The Balaban J connectivity index is 2.00. The summed E-state index contributed by atoms with van der Waals surface area (Å²) >= 11 is 0. The van der Waals surface area contributed by atoms with Crippen LogP contribution in [-0.4, -0.2) is 18.5 Å². The van der Waals surface area contributed by atoms with Crippen molar-refractivity contribution in [1.82, 2.24) is 0 Å². The Hall–Kier alpha value is -1.84. The molecule has 0 unspecified atom stereocenters. The van der Waals surface area contributed by atoms with Gasteiger partial charge >= 0.3 is 11.9 Å². The minimum atomic E-state index is -0.162. The SMILES string of the molecule is CCCCOC(=O)CCCCCCCCC(=O)Oc1cc(C)cc(C)c1. The Kier molecular flexibility index (Phi) is 11.4. The predicted octanol–water partition coefficient (Wildman–Crippen LogP) is 5.67. The first-order valence-electron chi connectivity index (χ1n) is 9.96. The van der Waals surface area contributed by atoms with Gasteiger partial charge in [0.25, 0.3) is 0 Å². The van der Waals surface area contributed by atoms with Gasteiger partial charge in [0.2, 0.25) is 0 Å². The van der Waals surface area contributed by atoms with Gasteiger partial charge in [-0.3, -0.25) is 9.59 Å². The molecule has 0 radical (unpaired) electrons. The summed E-state index contributed by atoms with van der Waals surface area (Å²) in [5.74, 6) is 0.399. The molecule has 0 aliphatic heterocycles. The van der Waals surface area contributed by atoms with Crippen LogP contribution in [0.2, 0.25) is 0 Å². The standard InChI is InChI=1S/C22H34O4/c1-4-5-14-25-21(23)12-10-8-6-7-9-11-13-22(24)26-20-16-18(2)15-19(3)17-20/h15-17H,4-14H2,1-3H3. The van der Waals surface area contributed by atoms with E-state index in [4.69, 9.17) is 9.47 Å². The lowest BCUT2D eigenvalue weighted by Crippen LogP contribution is -2.07. The van der Waals surface area contributed by atoms with Gasteiger partial charge in [0.05, 0.1) is 6.61 Å². The molecule has 4 nitrogen and oxygen atoms in total. The molecule has 0 aromatic heterocycles. The van der Waals surface area contributed by atoms with Gasteiger partial charge in [0, 0.05) is 12.8 Å². The number of esters is 2. The first-order chi connectivity index (χ1) is 12.5. The highest BCUT2D eigenvalue weighted by molar-refractivity contribution is 5.72. The average molecular weight is 363 g/mol. The van der Waals surface area contributed by atoms with Crippen LogP contribution in [-0.2, 0) is 14.3 Å². The molecule has 146 valence electrons. The van der Waals surface area contributed by atoms with E-state index in [9.17, 15) is 9.59 Å². The Morgan fingerprint density at radius 3 is 1.88 bits per heavy atom. The first-order valence-corrected chi connectivity index (χ1v) is 9.96. The molecular weight excluding hydrogens is 328 g/mol. The number of unbranched alkanes of at least 4 members (excludes halogenated alkanes) is 6. The van der Waals surface area contributed by atoms with Crippen LogP contribution in [0.15, 0.2) is 18.2 Å². The number of ether oxygens (including phenoxy) is 2. The molecule has 1 aromatic rings. The highest BCUT2D eigenvalue weighted by atomic mass is 16.5. The normalized spacial score (nSPS) is 10.6. The second kappa shape index (κ2) is 13.4. The molecule has 1 rings (SSSR count). The molecule has 0 bridgehead atoms. The van der Waals surface area contributed by atoms with Crippen LogP contribution in [0.25, 0.3) is 0 Å². The van der Waals surface area contributed by atoms with E-state index in [1.165, 1.54) is 0 Å². The van der Waals surface area contributed by atoms with Crippen molar-refractivity contribution in [1.29, 1.82) is 0 Å². The smallest absolute Gasteiger partial charge is 0.311 e. The van der Waals surface area contributed by atoms with Gasteiger partial charge in [-0.05, 0) is 56.4 Å². The maximum absolute atomic E-state index is 11.9. The molecule has 4 heteroatoms. The summed E-state index contributed by atoms with van der Waals surface area (Å²) in [7, 11) is 0. The van der Waals surface area contributed by atoms with Crippen molar-refractivity contribution in [3.8, 4) is 5.75 Å². The van der Waals surface area contributed by atoms with Gasteiger partial charge < -0.3 is 9.47 Å². The second-order valence-electron chi connectivity index (χ2n) is 6.99. The molecule has 0 saturated carbocycles. The lowest BCUT2D eigenvalue weighted by atomic mass is 10.1. The van der Waals surface area contributed by atoms with E-state index in [0.717, 1.165) is 62.5 Å². The van der Waals surface area contributed by atoms with Crippen molar-refractivity contribution in [3.63, 3.8) is 0 Å². The predicted molar refractivity (Wildman–Crippen MR) is 104 cm³/mol. The number of benzene rings is 1. The molecule has 0 amide bonds. The number of hydrogen-bond acceptors (Lipinski definition) is 4. The zero-order chi connectivity index (χ0) is 19.2. The summed E-state index contributed by atoms with van der Waals surface area (Å²) in [6.07, 6.45) is 8.93. The number of carbonyl (C=O) groups is 2. The molecule has 1 aromatic carbocycles. The minimum Gasteiger partial charge on any atom is -0.466 e. The van der Waals surface area contributed by atoms with Crippen LogP contribution < -0.4 is 4.74 Å². The van der Waals surface area contributed by atoms with Gasteiger partial charge in [0.15, 0.2) is 0 Å². The first kappa shape index (κ1) is 22.2. The maximum Gasteiger partial charge on any atom is 0.311 e. The van der Waals surface area contributed by atoms with Crippen molar-refractivity contribution >= 4 is 11.9 Å². The van der Waals surface area contributed by atoms with E-state index < -0.39 is 0 Å². The Morgan fingerprint density at radius 1 is 0.769 bits per heavy atom. The third-order valence-electron chi connectivity index (χ3n) is 4.20. The lowest BCUT2D eigenvalue weighted by Gasteiger charge is -2.07. The maximum atomic E-state index is 11.9. The fourth-order valence-electron chi connectivity index (χ4n) is 2.82. The molecule has 0 heterocycles. The summed E-state index contributed by atoms with van der Waals surface area (Å²) in [5, 5.41) is 0. The summed E-state index contributed by atoms with van der Waals surface area (Å²) < 4.78 is 10.5. The van der Waals surface area contributed by atoms with E-state index in [0.29, 0.717) is 25.2 Å². The largest absolute Gasteiger partial charge is 0.466 e. The van der Waals surface area contributed by atoms with Gasteiger partial charge in [0.1, 0.15) is 5.75 Å². The van der Waals surface area contributed by atoms with Crippen molar-refractivity contribution in [2.24, 2.45) is 0 Å². The number of hydrogen-bond donors (Lipinski definition) is 0. The van der Waals surface area contributed by atoms with Crippen LogP contribution in [0.4, 0.5) is 0 Å². The van der Waals surface area contributed by atoms with E-state index in [2.05, 4.69) is 13.0 Å². The van der Waals surface area contributed by atoms with E-state index in [1.54, 1.807) is 0 Å². The molecule has 26 heavy (non-hydrogen) atoms. The third kappa shape index (κ3) is 10.9. The fraction of sp³-hybridized carbons (Fsp3) is 0.636. The molecule has 0 saturated heterocycles. The topological polar surface area (TPSA) is 52.6 Å². The quantitative estimate of drug-likeness (QED) is 0.258. The van der Waals surface area contributed by atoms with Crippen molar-refractivity contribution in [2.75, 3.05) is 6.61 Å². The van der Waals surface area contributed by atoms with Gasteiger partial charge in [-0.15, -0.1) is 0 Å². The molecule has 0 aliphatic carbocycles. The highest BCUT2D eigenvalue weighted by Crippen LogP contribution is 2.17. The number of aryl methyl sites for hydroxylation is 2. The zero-order valence-corrected chi connectivity index (χ0v) is 16.6. The highest BCUT2D eigenvalue weighted by Gasteiger charge is 2.06. The Labute approximate surface area is 158 Å². The van der Waals surface area contributed by atoms with Gasteiger partial charge in [-0.2, -0.15) is 0 Å². The van der Waals surface area contributed by atoms with Crippen LogP contribution in [0.3, 0.4) is 0 Å². The molecule has 0 spiro atoms. The molecule has 0 fully saturated rings. The monoisotopic (exact) mass is 362 g/mol. The molecule has 0 aliphatic rings. The van der Waals surface area contributed by atoms with Crippen molar-refractivity contribution < 1.29 is 19.1 Å². The minimum absolute atomic E-state index is 0.0763. The average Bonchev–Trinajstić information content (AvgIpc) is 2.56. The van der Waals surface area contributed by atoms with E-state index in [-0.39, 0.29) is 11.9 Å².